The SMILES string of the molecule is CCNC(=S)N(C)C1CCOCC1. The average molecular weight is 202 g/mol. The van der Waals surface area contributed by atoms with Gasteiger partial charge < -0.3 is 15.0 Å². The van der Waals surface area contributed by atoms with Crippen molar-refractivity contribution in [2.75, 3.05) is 26.8 Å². The lowest BCUT2D eigenvalue weighted by atomic mass is 10.1. The molecule has 1 heterocycles. The van der Waals surface area contributed by atoms with Crippen LogP contribution in [0.25, 0.3) is 0 Å². The molecule has 0 spiro atoms. The summed E-state index contributed by atoms with van der Waals surface area (Å²) in [7, 11) is 2.06. The molecular weight excluding hydrogens is 184 g/mol. The van der Waals surface area contributed by atoms with Crippen molar-refractivity contribution in [1.82, 2.24) is 10.2 Å². The lowest BCUT2D eigenvalue weighted by Gasteiger charge is -2.33. The van der Waals surface area contributed by atoms with Crippen molar-refractivity contribution in [2.45, 2.75) is 25.8 Å². The highest BCUT2D eigenvalue weighted by molar-refractivity contribution is 7.80. The first-order valence-electron chi connectivity index (χ1n) is 4.84. The summed E-state index contributed by atoms with van der Waals surface area (Å²) in [5, 5.41) is 4.02. The zero-order valence-electron chi connectivity index (χ0n) is 8.38. The fraction of sp³-hybridized carbons (Fsp3) is 0.889. The average Bonchev–Trinajstić information content (AvgIpc) is 2.18. The molecule has 76 valence electrons. The van der Waals surface area contributed by atoms with E-state index in [1.165, 1.54) is 0 Å². The summed E-state index contributed by atoms with van der Waals surface area (Å²) < 4.78 is 5.30. The van der Waals surface area contributed by atoms with Gasteiger partial charge in [-0.15, -0.1) is 0 Å². The molecule has 0 unspecified atom stereocenters. The molecule has 13 heavy (non-hydrogen) atoms. The van der Waals surface area contributed by atoms with Gasteiger partial charge in [-0.3, -0.25) is 0 Å². The Bertz CT molecular complexity index is 169. The Morgan fingerprint density at radius 3 is 2.69 bits per heavy atom. The molecule has 1 aliphatic heterocycles. The van der Waals surface area contributed by atoms with Crippen LogP contribution in [0.5, 0.6) is 0 Å². The predicted molar refractivity (Wildman–Crippen MR) is 57.9 cm³/mol. The molecule has 1 N–H and O–H groups in total. The van der Waals surface area contributed by atoms with Crippen molar-refractivity contribution in [3.05, 3.63) is 0 Å². The van der Waals surface area contributed by atoms with E-state index in [-0.39, 0.29) is 0 Å². The van der Waals surface area contributed by atoms with Crippen LogP contribution < -0.4 is 5.32 Å². The number of nitrogens with one attached hydrogen (secondary N) is 1. The van der Waals surface area contributed by atoms with Crippen molar-refractivity contribution in [3.8, 4) is 0 Å². The van der Waals surface area contributed by atoms with Gasteiger partial charge in [0.25, 0.3) is 0 Å². The van der Waals surface area contributed by atoms with Gasteiger partial charge in [0.1, 0.15) is 0 Å². The van der Waals surface area contributed by atoms with E-state index in [1.54, 1.807) is 0 Å². The van der Waals surface area contributed by atoms with E-state index in [2.05, 4.69) is 24.2 Å². The third-order valence-electron chi connectivity index (χ3n) is 2.39. The molecule has 0 saturated carbocycles. The largest absolute Gasteiger partial charge is 0.381 e. The number of hydrogen-bond acceptors (Lipinski definition) is 2. The summed E-state index contributed by atoms with van der Waals surface area (Å²) in [6.07, 6.45) is 2.17. The van der Waals surface area contributed by atoms with Crippen molar-refractivity contribution >= 4 is 17.3 Å². The van der Waals surface area contributed by atoms with E-state index < -0.39 is 0 Å². The molecule has 1 rings (SSSR count). The number of nitrogens with zero attached hydrogens (tertiary/aromatic N) is 1. The summed E-state index contributed by atoms with van der Waals surface area (Å²) in [4.78, 5) is 2.15. The monoisotopic (exact) mass is 202 g/mol. The smallest absolute Gasteiger partial charge is 0.168 e. The maximum Gasteiger partial charge on any atom is 0.168 e. The zero-order chi connectivity index (χ0) is 9.68. The second-order valence-corrected chi connectivity index (χ2v) is 3.68. The molecule has 0 aromatic heterocycles. The van der Waals surface area contributed by atoms with Crippen LogP contribution in [-0.4, -0.2) is 42.9 Å². The van der Waals surface area contributed by atoms with Gasteiger partial charge in [0.15, 0.2) is 5.11 Å². The lowest BCUT2D eigenvalue weighted by molar-refractivity contribution is 0.0604. The van der Waals surface area contributed by atoms with Gasteiger partial charge in [-0.25, -0.2) is 0 Å². The van der Waals surface area contributed by atoms with E-state index >= 15 is 0 Å². The molecule has 0 bridgehead atoms. The Labute approximate surface area is 85.4 Å². The molecule has 0 aromatic rings. The van der Waals surface area contributed by atoms with Crippen LogP contribution in [-0.2, 0) is 4.74 Å². The number of rotatable bonds is 2. The van der Waals surface area contributed by atoms with Crippen LogP contribution in [0.2, 0.25) is 0 Å². The third-order valence-corrected chi connectivity index (χ3v) is 2.82. The predicted octanol–water partition coefficient (Wildman–Crippen LogP) is 0.992. The highest BCUT2D eigenvalue weighted by Crippen LogP contribution is 2.12. The van der Waals surface area contributed by atoms with Crippen LogP contribution >= 0.6 is 12.2 Å². The lowest BCUT2D eigenvalue weighted by Crippen LogP contribution is -2.45. The first-order chi connectivity index (χ1) is 6.25. The third kappa shape index (κ3) is 3.12. The van der Waals surface area contributed by atoms with Crippen LogP contribution in [0.1, 0.15) is 19.8 Å². The van der Waals surface area contributed by atoms with E-state index in [4.69, 9.17) is 17.0 Å². The first kappa shape index (κ1) is 10.7. The van der Waals surface area contributed by atoms with Gasteiger partial charge in [0.05, 0.1) is 0 Å². The van der Waals surface area contributed by atoms with Crippen LogP contribution in [0.4, 0.5) is 0 Å². The molecule has 0 atom stereocenters. The molecule has 0 aliphatic carbocycles. The first-order valence-corrected chi connectivity index (χ1v) is 5.25. The minimum absolute atomic E-state index is 0.556. The summed E-state index contributed by atoms with van der Waals surface area (Å²) in [6, 6.07) is 0.556. The Morgan fingerprint density at radius 2 is 2.15 bits per heavy atom. The Balaban J connectivity index is 2.35. The molecular formula is C9H18N2OS. The van der Waals surface area contributed by atoms with Gasteiger partial charge >= 0.3 is 0 Å². The highest BCUT2D eigenvalue weighted by Gasteiger charge is 2.19. The van der Waals surface area contributed by atoms with E-state index in [0.717, 1.165) is 37.7 Å². The summed E-state index contributed by atoms with van der Waals surface area (Å²) in [6.45, 7) is 4.68. The Hall–Kier alpha value is -0.350. The minimum atomic E-state index is 0.556. The van der Waals surface area contributed by atoms with E-state index in [1.807, 2.05) is 0 Å². The molecule has 0 aromatic carbocycles. The standard InChI is InChI=1S/C9H18N2OS/c1-3-10-9(13)11(2)8-4-6-12-7-5-8/h8H,3-7H2,1-2H3,(H,10,13). The van der Waals surface area contributed by atoms with E-state index in [0.29, 0.717) is 6.04 Å². The molecule has 1 saturated heterocycles. The van der Waals surface area contributed by atoms with Crippen molar-refractivity contribution in [1.29, 1.82) is 0 Å². The highest BCUT2D eigenvalue weighted by atomic mass is 32.1. The van der Waals surface area contributed by atoms with Crippen LogP contribution in [0, 0.1) is 0 Å². The fourth-order valence-electron chi connectivity index (χ4n) is 1.51. The van der Waals surface area contributed by atoms with Crippen LogP contribution in [0.15, 0.2) is 0 Å². The molecule has 0 amide bonds. The Morgan fingerprint density at radius 1 is 1.54 bits per heavy atom. The minimum Gasteiger partial charge on any atom is -0.381 e. The molecule has 0 radical (unpaired) electrons. The summed E-state index contributed by atoms with van der Waals surface area (Å²) in [5.41, 5.74) is 0. The van der Waals surface area contributed by atoms with Crippen molar-refractivity contribution in [2.24, 2.45) is 0 Å². The zero-order valence-corrected chi connectivity index (χ0v) is 9.19. The van der Waals surface area contributed by atoms with Crippen LogP contribution in [0.3, 0.4) is 0 Å². The van der Waals surface area contributed by atoms with Gasteiger partial charge in [-0.1, -0.05) is 0 Å². The maximum atomic E-state index is 5.30. The molecule has 4 heteroatoms. The number of ether oxygens (including phenoxy) is 1. The topological polar surface area (TPSA) is 24.5 Å². The van der Waals surface area contributed by atoms with Gasteiger partial charge in [-0.2, -0.15) is 0 Å². The normalized spacial score (nSPS) is 18.3. The number of hydrogen-bond donors (Lipinski definition) is 1. The second kappa shape index (κ2) is 5.40. The molecule has 1 fully saturated rings. The van der Waals surface area contributed by atoms with Gasteiger partial charge in [0, 0.05) is 32.8 Å². The maximum absolute atomic E-state index is 5.30. The van der Waals surface area contributed by atoms with Gasteiger partial charge in [-0.05, 0) is 32.0 Å². The summed E-state index contributed by atoms with van der Waals surface area (Å²) >= 11 is 5.23. The van der Waals surface area contributed by atoms with E-state index in [9.17, 15) is 0 Å². The quantitative estimate of drug-likeness (QED) is 0.675. The summed E-state index contributed by atoms with van der Waals surface area (Å²) in [5.74, 6) is 0. The molecule has 1 aliphatic rings. The number of thiocarbonyl (C=S) groups is 1. The Kier molecular flexibility index (Phi) is 4.45. The second-order valence-electron chi connectivity index (χ2n) is 3.29. The van der Waals surface area contributed by atoms with Crippen molar-refractivity contribution < 1.29 is 4.74 Å². The molecule has 3 nitrogen and oxygen atoms in total. The van der Waals surface area contributed by atoms with Crippen molar-refractivity contribution in [3.63, 3.8) is 0 Å². The van der Waals surface area contributed by atoms with Gasteiger partial charge in [0.2, 0.25) is 0 Å². The fourth-order valence-corrected chi connectivity index (χ4v) is 1.81.